The second kappa shape index (κ2) is 11.7. The van der Waals surface area contributed by atoms with Gasteiger partial charge in [0.15, 0.2) is 0 Å². The molecule has 0 spiro atoms. The van der Waals surface area contributed by atoms with Gasteiger partial charge in [-0.15, -0.1) is 0 Å². The highest BCUT2D eigenvalue weighted by atomic mass is 17.1. The molecule has 0 atom stereocenters. The van der Waals surface area contributed by atoms with Crippen LogP contribution in [0.25, 0.3) is 0 Å². The molecule has 5 N–H and O–H groups in total. The topological polar surface area (TPSA) is 120 Å². The number of hydrogen-bond acceptors (Lipinski definition) is 6. The Morgan fingerprint density at radius 1 is 0.846 bits per heavy atom. The van der Waals surface area contributed by atoms with E-state index in [-0.39, 0.29) is 31.2 Å². The number of hydrogen-bond donors (Lipinski definition) is 3. The van der Waals surface area contributed by atoms with Crippen molar-refractivity contribution in [2.75, 3.05) is 19.8 Å². The van der Waals surface area contributed by atoms with Crippen LogP contribution in [0.5, 0.6) is 0 Å². The van der Waals surface area contributed by atoms with Crippen LogP contribution in [-0.4, -0.2) is 41.1 Å². The minimum absolute atomic E-state index is 0. The van der Waals surface area contributed by atoms with Crippen molar-refractivity contribution in [1.82, 2.24) is 0 Å². The fourth-order valence-electron chi connectivity index (χ4n) is 0.855. The van der Waals surface area contributed by atoms with Gasteiger partial charge in [-0.2, -0.15) is 0 Å². The summed E-state index contributed by atoms with van der Waals surface area (Å²) >= 11 is 0. The van der Waals surface area contributed by atoms with Crippen molar-refractivity contribution < 1.29 is 35.9 Å². The maximum absolute atomic E-state index is 8.13. The van der Waals surface area contributed by atoms with Crippen molar-refractivity contribution in [1.29, 1.82) is 0 Å². The van der Waals surface area contributed by atoms with Crippen molar-refractivity contribution >= 4 is 0 Å². The number of rotatable bonds is 8. The highest BCUT2D eigenvalue weighted by Crippen LogP contribution is 2.08. The molecule has 0 amide bonds. The molecule has 0 saturated carbocycles. The maximum atomic E-state index is 8.13. The monoisotopic (exact) mass is 200 g/mol. The van der Waals surface area contributed by atoms with Gasteiger partial charge in [-0.1, -0.05) is 0 Å². The van der Waals surface area contributed by atoms with Crippen LogP contribution in [0.1, 0.15) is 12.8 Å². The molecule has 7 heteroatoms. The van der Waals surface area contributed by atoms with E-state index >= 15 is 0 Å². The zero-order chi connectivity index (χ0) is 9.23. The molecule has 0 saturated heterocycles. The fourth-order valence-corrected chi connectivity index (χ4v) is 0.855. The van der Waals surface area contributed by atoms with Gasteiger partial charge >= 0.3 is 0 Å². The average Bonchev–Trinajstić information content (AvgIpc) is 2.10. The normalized spacial score (nSPS) is 10.2. The van der Waals surface area contributed by atoms with Gasteiger partial charge in [0, 0.05) is 0 Å². The van der Waals surface area contributed by atoms with E-state index < -0.39 is 0 Å². The quantitative estimate of drug-likeness (QED) is 0.375. The Kier molecular flexibility index (Phi) is 13.7. The van der Waals surface area contributed by atoms with Gasteiger partial charge in [0.05, 0.1) is 19.8 Å². The lowest BCUT2D eigenvalue weighted by molar-refractivity contribution is -0.270. The Labute approximate surface area is 75.6 Å². The van der Waals surface area contributed by atoms with E-state index in [2.05, 4.69) is 14.7 Å². The van der Waals surface area contributed by atoms with Gasteiger partial charge < -0.3 is 5.48 Å². The molecule has 0 bridgehead atoms. The van der Waals surface area contributed by atoms with Gasteiger partial charge in [-0.25, -0.2) is 14.7 Å². The van der Waals surface area contributed by atoms with Crippen LogP contribution in [0.4, 0.5) is 0 Å². The van der Waals surface area contributed by atoms with E-state index in [1.807, 2.05) is 0 Å². The molecular formula is C6H16O7. The molecule has 0 radical (unpaired) electrons. The Balaban J connectivity index is 0. The molecular weight excluding hydrogens is 184 g/mol. The Morgan fingerprint density at radius 3 is 1.62 bits per heavy atom. The third-order valence-electron chi connectivity index (χ3n) is 1.55. The molecule has 0 unspecified atom stereocenters. The first kappa shape index (κ1) is 15.2. The van der Waals surface area contributed by atoms with Crippen molar-refractivity contribution in [3.05, 3.63) is 0 Å². The summed E-state index contributed by atoms with van der Waals surface area (Å²) in [6.45, 7) is 0.464. The zero-order valence-electron chi connectivity index (χ0n) is 7.18. The lowest BCUT2D eigenvalue weighted by Gasteiger charge is -2.12. The summed E-state index contributed by atoms with van der Waals surface area (Å²) < 4.78 is 0. The molecule has 0 fully saturated rings. The Hall–Kier alpha value is -0.280. The van der Waals surface area contributed by atoms with Crippen molar-refractivity contribution in [3.8, 4) is 0 Å². The molecule has 0 rings (SSSR count). The van der Waals surface area contributed by atoms with Crippen LogP contribution in [0.2, 0.25) is 0 Å². The molecule has 0 aliphatic heterocycles. The minimum Gasteiger partial charge on any atom is -0.412 e. The van der Waals surface area contributed by atoms with E-state index in [1.54, 1.807) is 0 Å². The molecule has 7 nitrogen and oxygen atoms in total. The lowest BCUT2D eigenvalue weighted by atomic mass is 10.0. The van der Waals surface area contributed by atoms with Crippen molar-refractivity contribution in [3.63, 3.8) is 0 Å². The van der Waals surface area contributed by atoms with E-state index in [1.165, 1.54) is 0 Å². The standard InChI is InChI=1S/C6H14O6.H2O/c7-10-3-1-6(5-12-9)2-4-11-8;/h6-9H,1-5H2;1H2. The first-order valence-corrected chi connectivity index (χ1v) is 3.64. The van der Waals surface area contributed by atoms with Crippen molar-refractivity contribution in [2.24, 2.45) is 5.92 Å². The summed E-state index contributed by atoms with van der Waals surface area (Å²) in [7, 11) is 0. The highest BCUT2D eigenvalue weighted by molar-refractivity contribution is 4.56. The van der Waals surface area contributed by atoms with Gasteiger partial charge in [-0.3, -0.25) is 15.8 Å². The summed E-state index contributed by atoms with van der Waals surface area (Å²) in [5, 5.41) is 24.2. The molecule has 0 aromatic carbocycles. The zero-order valence-corrected chi connectivity index (χ0v) is 7.18. The summed E-state index contributed by atoms with van der Waals surface area (Å²) in [5.74, 6) is -0.00528. The third kappa shape index (κ3) is 9.64. The van der Waals surface area contributed by atoms with Crippen LogP contribution < -0.4 is 0 Å². The summed E-state index contributed by atoms with van der Waals surface area (Å²) in [5.41, 5.74) is 0. The molecule has 0 aromatic rings. The van der Waals surface area contributed by atoms with Gasteiger partial charge in [0.25, 0.3) is 0 Å². The second-order valence-electron chi connectivity index (χ2n) is 2.41. The van der Waals surface area contributed by atoms with E-state index in [9.17, 15) is 0 Å². The van der Waals surface area contributed by atoms with Crippen LogP contribution in [-0.2, 0) is 14.7 Å². The highest BCUT2D eigenvalue weighted by Gasteiger charge is 2.09. The van der Waals surface area contributed by atoms with Gasteiger partial charge in [-0.05, 0) is 18.8 Å². The van der Waals surface area contributed by atoms with Crippen LogP contribution in [0, 0.1) is 5.92 Å². The molecule has 0 aromatic heterocycles. The SMILES string of the molecule is O.OOCCC(CCOO)COO. The average molecular weight is 200 g/mol. The van der Waals surface area contributed by atoms with Crippen molar-refractivity contribution in [2.45, 2.75) is 12.8 Å². The summed E-state index contributed by atoms with van der Waals surface area (Å²) in [6, 6.07) is 0. The predicted octanol–water partition coefficient (Wildman–Crippen LogP) is 0.0269. The summed E-state index contributed by atoms with van der Waals surface area (Å²) in [6.07, 6.45) is 1.06. The second-order valence-corrected chi connectivity index (χ2v) is 2.41. The predicted molar refractivity (Wildman–Crippen MR) is 42.1 cm³/mol. The molecule has 0 aliphatic carbocycles. The largest absolute Gasteiger partial charge is 0.412 e. The van der Waals surface area contributed by atoms with Gasteiger partial charge in [0.2, 0.25) is 0 Å². The Morgan fingerprint density at radius 2 is 1.31 bits per heavy atom. The Bertz CT molecular complexity index is 81.1. The smallest absolute Gasteiger partial charge is 0.0849 e. The molecule has 0 aliphatic rings. The first-order chi connectivity index (χ1) is 5.85. The first-order valence-electron chi connectivity index (χ1n) is 3.64. The molecule has 0 heterocycles. The van der Waals surface area contributed by atoms with Gasteiger partial charge in [0.1, 0.15) is 0 Å². The molecule has 13 heavy (non-hydrogen) atoms. The van der Waals surface area contributed by atoms with Crippen LogP contribution in [0.15, 0.2) is 0 Å². The minimum atomic E-state index is -0.00528. The van der Waals surface area contributed by atoms with E-state index in [4.69, 9.17) is 15.8 Å². The maximum Gasteiger partial charge on any atom is 0.0849 e. The van der Waals surface area contributed by atoms with E-state index in [0.717, 1.165) is 0 Å². The van der Waals surface area contributed by atoms with Crippen LogP contribution in [0.3, 0.4) is 0 Å². The lowest BCUT2D eigenvalue weighted by Crippen LogP contribution is -2.13. The van der Waals surface area contributed by atoms with Crippen LogP contribution >= 0.6 is 0 Å². The van der Waals surface area contributed by atoms with E-state index in [0.29, 0.717) is 12.8 Å². The third-order valence-corrected chi connectivity index (χ3v) is 1.55. The molecule has 82 valence electrons. The summed E-state index contributed by atoms with van der Waals surface area (Å²) in [4.78, 5) is 11.6. The fraction of sp³-hybridized carbons (Fsp3) is 1.00.